The van der Waals surface area contributed by atoms with Gasteiger partial charge >= 0.3 is 11.9 Å². The second kappa shape index (κ2) is 14.3. The summed E-state index contributed by atoms with van der Waals surface area (Å²) in [4.78, 5) is 36.5. The molecule has 3 heterocycles. The smallest absolute Gasteiger partial charge is 0.338 e. The van der Waals surface area contributed by atoms with Gasteiger partial charge in [0.15, 0.2) is 5.84 Å². The molecule has 0 fully saturated rings. The number of esters is 2. The lowest BCUT2D eigenvalue weighted by Gasteiger charge is -2.28. The first kappa shape index (κ1) is 35.1. The molecule has 0 radical (unpaired) electrons. The summed E-state index contributed by atoms with van der Waals surface area (Å²) in [6.07, 6.45) is 10.9. The molecule has 0 amide bonds. The Morgan fingerprint density at radius 1 is 1.00 bits per heavy atom. The largest absolute Gasteiger partial charge is 0.494 e. The highest BCUT2D eigenvalue weighted by molar-refractivity contribution is 7.85. The Bertz CT molecular complexity index is 1620. The molecule has 0 saturated heterocycles. The molecule has 2 aromatic rings. The van der Waals surface area contributed by atoms with E-state index in [-0.39, 0.29) is 12.0 Å². The number of aromatic nitrogens is 2. The van der Waals surface area contributed by atoms with Crippen LogP contribution in [0.4, 0.5) is 0 Å². The summed E-state index contributed by atoms with van der Waals surface area (Å²) in [6, 6.07) is 3.13. The number of rotatable bonds is 12. The number of ether oxygens (including phenoxy) is 3. The Morgan fingerprint density at radius 3 is 2.35 bits per heavy atom. The molecule has 4 rings (SSSR count). The molecule has 0 bridgehead atoms. The second-order valence-electron chi connectivity index (χ2n) is 13.5. The Hall–Kier alpha value is -3.80. The summed E-state index contributed by atoms with van der Waals surface area (Å²) >= 11 is 0. The molecule has 0 N–H and O–H groups in total. The molecule has 1 aromatic heterocycles. The van der Waals surface area contributed by atoms with Gasteiger partial charge in [-0.1, -0.05) is 19.3 Å². The van der Waals surface area contributed by atoms with Crippen LogP contribution in [0.3, 0.4) is 0 Å². The highest BCUT2D eigenvalue weighted by Gasteiger charge is 2.35. The SMILES string of the molecule is COC(=O)c1cc(OC)c2c(c1)nc(C1C=C3C=C/C(=N\S(=O)C(C)(C)C)N=C3N1CCCCCCCC(=O)OC(C)(C)C)n2C. The summed E-state index contributed by atoms with van der Waals surface area (Å²) in [5.41, 5.74) is 2.23. The first-order chi connectivity index (χ1) is 21.6. The van der Waals surface area contributed by atoms with Crippen LogP contribution < -0.4 is 4.74 Å². The molecule has 1 aromatic carbocycles. The van der Waals surface area contributed by atoms with Crippen molar-refractivity contribution in [3.05, 3.63) is 47.3 Å². The summed E-state index contributed by atoms with van der Waals surface area (Å²) in [7, 11) is 3.39. The first-order valence-corrected chi connectivity index (χ1v) is 16.8. The fraction of sp³-hybridized carbons (Fsp3) is 0.559. The number of methoxy groups -OCH3 is 2. The predicted octanol–water partition coefficient (Wildman–Crippen LogP) is 6.16. The number of benzene rings is 1. The minimum atomic E-state index is -1.45. The number of aryl methyl sites for hydroxylation is 1. The van der Waals surface area contributed by atoms with Crippen LogP contribution in [0.5, 0.6) is 5.75 Å². The molecular formula is C34H47N5O6S. The van der Waals surface area contributed by atoms with Gasteiger partial charge in [-0.05, 0) is 84.7 Å². The van der Waals surface area contributed by atoms with E-state index in [4.69, 9.17) is 24.2 Å². The third-order valence-electron chi connectivity index (χ3n) is 7.61. The van der Waals surface area contributed by atoms with Gasteiger partial charge < -0.3 is 23.7 Å². The van der Waals surface area contributed by atoms with Crippen molar-refractivity contribution in [1.29, 1.82) is 0 Å². The van der Waals surface area contributed by atoms with Crippen LogP contribution in [0, 0.1) is 0 Å². The van der Waals surface area contributed by atoms with E-state index in [0.717, 1.165) is 54.9 Å². The Balaban J connectivity index is 1.58. The van der Waals surface area contributed by atoms with Crippen molar-refractivity contribution in [3.8, 4) is 5.75 Å². The molecular weight excluding hydrogens is 606 g/mol. The van der Waals surface area contributed by atoms with Gasteiger partial charge in [-0.15, -0.1) is 0 Å². The van der Waals surface area contributed by atoms with Gasteiger partial charge in [-0.2, -0.15) is 4.40 Å². The van der Waals surface area contributed by atoms with Gasteiger partial charge in [0.1, 0.15) is 45.6 Å². The zero-order chi connectivity index (χ0) is 33.8. The predicted molar refractivity (Wildman–Crippen MR) is 182 cm³/mol. The lowest BCUT2D eigenvalue weighted by Crippen LogP contribution is -2.33. The van der Waals surface area contributed by atoms with Gasteiger partial charge in [-0.25, -0.2) is 19.0 Å². The number of imidazole rings is 1. The molecule has 12 heteroatoms. The van der Waals surface area contributed by atoms with E-state index in [9.17, 15) is 13.8 Å². The van der Waals surface area contributed by atoms with E-state index >= 15 is 0 Å². The third-order valence-corrected chi connectivity index (χ3v) is 9.01. The minimum Gasteiger partial charge on any atom is -0.494 e. The number of unbranched alkanes of at least 4 members (excludes halogenated alkanes) is 4. The lowest BCUT2D eigenvalue weighted by molar-refractivity contribution is -0.154. The van der Waals surface area contributed by atoms with E-state index in [1.807, 2.05) is 59.2 Å². The number of carbonyl (C=O) groups is 2. The summed E-state index contributed by atoms with van der Waals surface area (Å²) in [6.45, 7) is 12.0. The fourth-order valence-corrected chi connectivity index (χ4v) is 5.94. The van der Waals surface area contributed by atoms with E-state index < -0.39 is 27.3 Å². The van der Waals surface area contributed by atoms with Gasteiger partial charge in [0.25, 0.3) is 0 Å². The molecule has 0 saturated carbocycles. The van der Waals surface area contributed by atoms with E-state index in [1.54, 1.807) is 25.3 Å². The van der Waals surface area contributed by atoms with Crippen molar-refractivity contribution in [2.45, 2.75) is 96.5 Å². The molecule has 250 valence electrons. The molecule has 2 aliphatic heterocycles. The summed E-state index contributed by atoms with van der Waals surface area (Å²) < 4.78 is 34.7. The average molecular weight is 654 g/mol. The average Bonchev–Trinajstić information content (AvgIpc) is 3.50. The van der Waals surface area contributed by atoms with Crippen molar-refractivity contribution >= 4 is 45.6 Å². The number of hydrogen-bond donors (Lipinski definition) is 0. The van der Waals surface area contributed by atoms with Crippen LogP contribution in [0.2, 0.25) is 0 Å². The van der Waals surface area contributed by atoms with Crippen LogP contribution in [-0.4, -0.2) is 73.4 Å². The van der Waals surface area contributed by atoms with Crippen LogP contribution >= 0.6 is 0 Å². The molecule has 2 unspecified atom stereocenters. The van der Waals surface area contributed by atoms with Gasteiger partial charge in [0.05, 0.1) is 30.0 Å². The molecule has 2 atom stereocenters. The zero-order valence-corrected chi connectivity index (χ0v) is 29.3. The topological polar surface area (TPSA) is 125 Å². The number of fused-ring (bicyclic) bond motifs is 2. The number of aliphatic imine (C=N–C) groups is 1. The number of nitrogens with zero attached hydrogens (tertiary/aromatic N) is 5. The van der Waals surface area contributed by atoms with Crippen LogP contribution in [0.1, 0.15) is 102 Å². The molecule has 0 spiro atoms. The fourth-order valence-electron chi connectivity index (χ4n) is 5.39. The van der Waals surface area contributed by atoms with Gasteiger partial charge in [0, 0.05) is 25.6 Å². The monoisotopic (exact) mass is 653 g/mol. The molecule has 0 aliphatic carbocycles. The molecule has 46 heavy (non-hydrogen) atoms. The second-order valence-corrected chi connectivity index (χ2v) is 15.4. The minimum absolute atomic E-state index is 0.156. The zero-order valence-electron chi connectivity index (χ0n) is 28.5. The van der Waals surface area contributed by atoms with Crippen molar-refractivity contribution < 1.29 is 28.0 Å². The Labute approximate surface area is 274 Å². The quantitative estimate of drug-likeness (QED) is 0.197. The highest BCUT2D eigenvalue weighted by Crippen LogP contribution is 2.37. The maximum Gasteiger partial charge on any atom is 0.338 e. The third kappa shape index (κ3) is 8.31. The van der Waals surface area contributed by atoms with Gasteiger partial charge in [-0.3, -0.25) is 4.79 Å². The summed E-state index contributed by atoms with van der Waals surface area (Å²) in [5, 5.41) is 0. The van der Waals surface area contributed by atoms with Gasteiger partial charge in [0.2, 0.25) is 0 Å². The van der Waals surface area contributed by atoms with Crippen LogP contribution in [0.15, 0.2) is 45.3 Å². The number of carbonyl (C=O) groups excluding carboxylic acids is 2. The van der Waals surface area contributed by atoms with Crippen LogP contribution in [0.25, 0.3) is 11.0 Å². The highest BCUT2D eigenvalue weighted by atomic mass is 32.2. The molecule has 11 nitrogen and oxygen atoms in total. The Morgan fingerprint density at radius 2 is 1.70 bits per heavy atom. The maximum absolute atomic E-state index is 12.8. The van der Waals surface area contributed by atoms with Crippen LogP contribution in [-0.2, 0) is 32.3 Å². The van der Waals surface area contributed by atoms with E-state index in [2.05, 4.69) is 15.4 Å². The lowest BCUT2D eigenvalue weighted by atomic mass is 10.1. The van der Waals surface area contributed by atoms with E-state index in [0.29, 0.717) is 35.6 Å². The van der Waals surface area contributed by atoms with Crippen molar-refractivity contribution in [3.63, 3.8) is 0 Å². The summed E-state index contributed by atoms with van der Waals surface area (Å²) in [5.74, 6) is 1.85. The van der Waals surface area contributed by atoms with Crippen molar-refractivity contribution in [2.75, 3.05) is 20.8 Å². The standard InChI is InChI=1S/C34H47N5O6S/c1-33(2,3)45-28(40)15-13-11-10-12-14-18-39-25(20-22-16-17-27(36-30(22)39)37-46(42)34(4,5)6)31-35-24-19-23(32(41)44-9)21-26(43-8)29(24)38(31)7/h16-17,19-21,25H,10-15,18H2,1-9H3/b37-27+. The van der Waals surface area contributed by atoms with E-state index in [1.165, 1.54) is 7.11 Å². The molecule has 2 aliphatic rings. The van der Waals surface area contributed by atoms with Crippen molar-refractivity contribution in [1.82, 2.24) is 14.5 Å². The number of hydrogen-bond acceptors (Lipinski definition) is 8. The van der Waals surface area contributed by atoms with Crippen molar-refractivity contribution in [2.24, 2.45) is 16.4 Å². The number of dihydropyridines is 1. The maximum atomic E-state index is 12.8. The first-order valence-electron chi connectivity index (χ1n) is 15.7. The number of amidine groups is 2. The Kier molecular flexibility index (Phi) is 10.9. The normalized spacial score (nSPS) is 18.0.